The molecule has 2 N–H and O–H groups in total. The molecular formula is C12H16N2O2S. The highest BCUT2D eigenvalue weighted by Gasteiger charge is 2.08. The molecule has 1 heterocycles. The highest BCUT2D eigenvalue weighted by molar-refractivity contribution is 7.18. The minimum Gasteiger partial charge on any atom is -0.395 e. The Morgan fingerprint density at radius 2 is 2.29 bits per heavy atom. The van der Waals surface area contributed by atoms with Crippen molar-refractivity contribution in [2.24, 2.45) is 0 Å². The van der Waals surface area contributed by atoms with Crippen molar-refractivity contribution in [3.05, 3.63) is 29.3 Å². The maximum atomic E-state index is 9.12. The van der Waals surface area contributed by atoms with E-state index in [1.165, 1.54) is 4.70 Å². The minimum atomic E-state index is -0.0352. The molecule has 1 atom stereocenters. The molecule has 0 amide bonds. The molecule has 2 aromatic rings. The van der Waals surface area contributed by atoms with Crippen LogP contribution in [-0.4, -0.2) is 36.5 Å². The predicted molar refractivity (Wildman–Crippen MR) is 69.2 cm³/mol. The molecular weight excluding hydrogens is 236 g/mol. The molecule has 2 rings (SSSR count). The van der Waals surface area contributed by atoms with E-state index >= 15 is 0 Å². The second kappa shape index (κ2) is 6.07. The zero-order chi connectivity index (χ0) is 12.1. The van der Waals surface area contributed by atoms with Gasteiger partial charge in [-0.15, -0.1) is 11.3 Å². The Kier molecular flexibility index (Phi) is 4.44. The number of ether oxygens (including phenoxy) is 1. The maximum Gasteiger partial charge on any atom is 0.108 e. The number of rotatable bonds is 6. The van der Waals surface area contributed by atoms with Crippen molar-refractivity contribution in [3.63, 3.8) is 0 Å². The molecule has 5 heteroatoms. The molecule has 1 unspecified atom stereocenters. The summed E-state index contributed by atoms with van der Waals surface area (Å²) in [6.07, 6.45) is 0. The predicted octanol–water partition coefficient (Wildman–Crippen LogP) is 1.39. The number of aliphatic hydroxyl groups is 1. The zero-order valence-corrected chi connectivity index (χ0v) is 10.5. The van der Waals surface area contributed by atoms with Gasteiger partial charge in [0.25, 0.3) is 0 Å². The Hall–Kier alpha value is -1.01. The minimum absolute atomic E-state index is 0.0352. The third-order valence-electron chi connectivity index (χ3n) is 2.47. The van der Waals surface area contributed by atoms with Gasteiger partial charge in [0.1, 0.15) is 5.01 Å². The van der Waals surface area contributed by atoms with Gasteiger partial charge in [0.05, 0.1) is 29.5 Å². The molecule has 1 aromatic heterocycles. The van der Waals surface area contributed by atoms with Crippen molar-refractivity contribution in [1.82, 2.24) is 10.3 Å². The van der Waals surface area contributed by atoms with Gasteiger partial charge < -0.3 is 15.2 Å². The first-order valence-electron chi connectivity index (χ1n) is 5.51. The van der Waals surface area contributed by atoms with Gasteiger partial charge in [-0.3, -0.25) is 0 Å². The van der Waals surface area contributed by atoms with Crippen LogP contribution in [0.25, 0.3) is 10.2 Å². The van der Waals surface area contributed by atoms with Crippen molar-refractivity contribution in [2.75, 3.05) is 20.3 Å². The first kappa shape index (κ1) is 12.4. The van der Waals surface area contributed by atoms with Crippen LogP contribution in [0, 0.1) is 0 Å². The lowest BCUT2D eigenvalue weighted by molar-refractivity contribution is 0.128. The van der Waals surface area contributed by atoms with Gasteiger partial charge in [0, 0.05) is 13.7 Å². The molecule has 17 heavy (non-hydrogen) atoms. The Bertz CT molecular complexity index is 439. The quantitative estimate of drug-likeness (QED) is 0.816. The maximum absolute atomic E-state index is 9.12. The van der Waals surface area contributed by atoms with Crippen LogP contribution >= 0.6 is 11.3 Å². The summed E-state index contributed by atoms with van der Waals surface area (Å²) in [5.41, 5.74) is 1.03. The topological polar surface area (TPSA) is 54.4 Å². The van der Waals surface area contributed by atoms with Gasteiger partial charge in [0.2, 0.25) is 0 Å². The standard InChI is InChI=1S/C12H16N2O2S/c1-16-8-9(7-15)13-6-12-14-10-4-2-3-5-11(10)17-12/h2-5,9,13,15H,6-8H2,1H3. The van der Waals surface area contributed by atoms with E-state index in [2.05, 4.69) is 16.4 Å². The van der Waals surface area contributed by atoms with Crippen LogP contribution < -0.4 is 5.32 Å². The molecule has 0 aliphatic rings. The van der Waals surface area contributed by atoms with Gasteiger partial charge >= 0.3 is 0 Å². The van der Waals surface area contributed by atoms with Crippen molar-refractivity contribution >= 4 is 21.6 Å². The van der Waals surface area contributed by atoms with E-state index < -0.39 is 0 Å². The Morgan fingerprint density at radius 3 is 3.00 bits per heavy atom. The van der Waals surface area contributed by atoms with Gasteiger partial charge in [-0.05, 0) is 12.1 Å². The van der Waals surface area contributed by atoms with Crippen molar-refractivity contribution in [3.8, 4) is 0 Å². The summed E-state index contributed by atoms with van der Waals surface area (Å²) in [5, 5.41) is 13.4. The largest absolute Gasteiger partial charge is 0.395 e. The first-order valence-corrected chi connectivity index (χ1v) is 6.32. The number of fused-ring (bicyclic) bond motifs is 1. The van der Waals surface area contributed by atoms with Crippen LogP contribution in [0.1, 0.15) is 5.01 Å². The molecule has 0 fully saturated rings. The van der Waals surface area contributed by atoms with Crippen molar-refractivity contribution < 1.29 is 9.84 Å². The van der Waals surface area contributed by atoms with Crippen LogP contribution in [0.4, 0.5) is 0 Å². The average molecular weight is 252 g/mol. The van der Waals surface area contributed by atoms with Crippen LogP contribution in [0.5, 0.6) is 0 Å². The van der Waals surface area contributed by atoms with Crippen LogP contribution in [0.2, 0.25) is 0 Å². The van der Waals surface area contributed by atoms with Crippen molar-refractivity contribution in [1.29, 1.82) is 0 Å². The number of hydrogen-bond donors (Lipinski definition) is 2. The van der Waals surface area contributed by atoms with Gasteiger partial charge in [-0.1, -0.05) is 12.1 Å². The number of hydrogen-bond acceptors (Lipinski definition) is 5. The second-order valence-corrected chi connectivity index (χ2v) is 4.91. The highest BCUT2D eigenvalue weighted by atomic mass is 32.1. The van der Waals surface area contributed by atoms with E-state index in [0.717, 1.165) is 10.5 Å². The molecule has 92 valence electrons. The molecule has 0 saturated heterocycles. The molecule has 0 bridgehead atoms. The molecule has 0 saturated carbocycles. The summed E-state index contributed by atoms with van der Waals surface area (Å²) in [7, 11) is 1.63. The lowest BCUT2D eigenvalue weighted by Gasteiger charge is -2.13. The third-order valence-corrected chi connectivity index (χ3v) is 3.50. The Labute approximate surface area is 104 Å². The van der Waals surface area contributed by atoms with Crippen LogP contribution in [0.3, 0.4) is 0 Å². The summed E-state index contributed by atoms with van der Waals surface area (Å²) in [4.78, 5) is 4.51. The summed E-state index contributed by atoms with van der Waals surface area (Å²) < 4.78 is 6.19. The number of nitrogens with zero attached hydrogens (tertiary/aromatic N) is 1. The van der Waals surface area contributed by atoms with E-state index in [9.17, 15) is 0 Å². The summed E-state index contributed by atoms with van der Waals surface area (Å²) >= 11 is 1.67. The van der Waals surface area contributed by atoms with Crippen molar-refractivity contribution in [2.45, 2.75) is 12.6 Å². The fourth-order valence-electron chi connectivity index (χ4n) is 1.60. The molecule has 4 nitrogen and oxygen atoms in total. The number of methoxy groups -OCH3 is 1. The summed E-state index contributed by atoms with van der Waals surface area (Å²) in [6.45, 7) is 1.23. The monoisotopic (exact) mass is 252 g/mol. The van der Waals surface area contributed by atoms with E-state index in [0.29, 0.717) is 13.2 Å². The fraction of sp³-hybridized carbons (Fsp3) is 0.417. The van der Waals surface area contributed by atoms with E-state index in [1.54, 1.807) is 18.4 Å². The molecule has 0 aliphatic carbocycles. The van der Waals surface area contributed by atoms with Gasteiger partial charge in [-0.2, -0.15) is 0 Å². The number of benzene rings is 1. The Balaban J connectivity index is 1.98. The lowest BCUT2D eigenvalue weighted by atomic mass is 10.3. The summed E-state index contributed by atoms with van der Waals surface area (Å²) in [5.74, 6) is 0. The van der Waals surface area contributed by atoms with Crippen LogP contribution in [0.15, 0.2) is 24.3 Å². The molecule has 0 radical (unpaired) electrons. The van der Waals surface area contributed by atoms with Crippen LogP contribution in [-0.2, 0) is 11.3 Å². The number of para-hydroxylation sites is 1. The van der Waals surface area contributed by atoms with E-state index in [1.807, 2.05) is 18.2 Å². The molecule has 0 aliphatic heterocycles. The second-order valence-electron chi connectivity index (χ2n) is 3.79. The summed E-state index contributed by atoms with van der Waals surface area (Å²) in [6, 6.07) is 8.04. The zero-order valence-electron chi connectivity index (χ0n) is 9.72. The third kappa shape index (κ3) is 3.23. The number of aromatic nitrogens is 1. The van der Waals surface area contributed by atoms with Gasteiger partial charge in [-0.25, -0.2) is 4.98 Å². The normalized spacial score (nSPS) is 13.1. The lowest BCUT2D eigenvalue weighted by Crippen LogP contribution is -2.35. The molecule has 1 aromatic carbocycles. The number of aliphatic hydroxyl groups excluding tert-OH is 1. The van der Waals surface area contributed by atoms with E-state index in [-0.39, 0.29) is 12.6 Å². The number of nitrogens with one attached hydrogen (secondary N) is 1. The number of thiazole rings is 1. The first-order chi connectivity index (χ1) is 8.33. The fourth-order valence-corrected chi connectivity index (χ4v) is 2.52. The Morgan fingerprint density at radius 1 is 1.47 bits per heavy atom. The SMILES string of the molecule is COCC(CO)NCc1nc2ccccc2s1. The molecule has 0 spiro atoms. The highest BCUT2D eigenvalue weighted by Crippen LogP contribution is 2.21. The van der Waals surface area contributed by atoms with Gasteiger partial charge in [0.15, 0.2) is 0 Å². The smallest absolute Gasteiger partial charge is 0.108 e. The average Bonchev–Trinajstić information content (AvgIpc) is 2.77. The van der Waals surface area contributed by atoms with E-state index in [4.69, 9.17) is 9.84 Å².